The van der Waals surface area contributed by atoms with Gasteiger partial charge in [0.15, 0.2) is 0 Å². The molecule has 7 heteroatoms. The van der Waals surface area contributed by atoms with Crippen LogP contribution in [0.5, 0.6) is 0 Å². The standard InChI is InChI=1S/C22H25N3O4/c1-2-13-25(21(27)18-9-6-10-19(23-18)22(28)29)17-11-14-24(15-12-17)20(26)16-7-4-3-5-8-16/h3-10,17H,2,11-15H2,1H3,(H,28,29). The average molecular weight is 395 g/mol. The van der Waals surface area contributed by atoms with Crippen LogP contribution in [-0.4, -0.2) is 63.4 Å². The lowest BCUT2D eigenvalue weighted by molar-refractivity contribution is 0.0515. The lowest BCUT2D eigenvalue weighted by Gasteiger charge is -2.38. The van der Waals surface area contributed by atoms with Crippen molar-refractivity contribution in [2.75, 3.05) is 19.6 Å². The van der Waals surface area contributed by atoms with Gasteiger partial charge in [0.1, 0.15) is 11.4 Å². The molecular formula is C22H25N3O4. The van der Waals surface area contributed by atoms with Gasteiger partial charge in [-0.05, 0) is 43.5 Å². The Morgan fingerprint density at radius 3 is 2.31 bits per heavy atom. The van der Waals surface area contributed by atoms with E-state index < -0.39 is 5.97 Å². The number of benzene rings is 1. The highest BCUT2D eigenvalue weighted by atomic mass is 16.4. The Balaban J connectivity index is 1.69. The third-order valence-electron chi connectivity index (χ3n) is 5.13. The summed E-state index contributed by atoms with van der Waals surface area (Å²) in [6.07, 6.45) is 2.15. The van der Waals surface area contributed by atoms with Crippen molar-refractivity contribution < 1.29 is 19.5 Å². The molecule has 1 saturated heterocycles. The van der Waals surface area contributed by atoms with Crippen molar-refractivity contribution in [3.05, 3.63) is 65.5 Å². The number of aromatic nitrogens is 1. The number of carboxylic acid groups (broad SMARTS) is 1. The summed E-state index contributed by atoms with van der Waals surface area (Å²) >= 11 is 0. The molecule has 0 saturated carbocycles. The van der Waals surface area contributed by atoms with E-state index in [-0.39, 0.29) is 29.2 Å². The van der Waals surface area contributed by atoms with E-state index in [1.165, 1.54) is 12.1 Å². The first-order valence-electron chi connectivity index (χ1n) is 9.87. The molecule has 2 aromatic rings. The predicted octanol–water partition coefficient (Wildman–Crippen LogP) is 2.94. The summed E-state index contributed by atoms with van der Waals surface area (Å²) in [7, 11) is 0. The van der Waals surface area contributed by atoms with E-state index in [1.54, 1.807) is 11.0 Å². The molecule has 0 radical (unpaired) electrons. The van der Waals surface area contributed by atoms with E-state index in [4.69, 9.17) is 5.11 Å². The minimum Gasteiger partial charge on any atom is -0.477 e. The van der Waals surface area contributed by atoms with Crippen LogP contribution in [0.15, 0.2) is 48.5 Å². The lowest BCUT2D eigenvalue weighted by atomic mass is 10.0. The molecule has 7 nitrogen and oxygen atoms in total. The number of carbonyl (C=O) groups is 3. The fourth-order valence-corrected chi connectivity index (χ4v) is 3.65. The zero-order valence-electron chi connectivity index (χ0n) is 16.5. The van der Waals surface area contributed by atoms with Crippen LogP contribution in [0.25, 0.3) is 0 Å². The molecular weight excluding hydrogens is 370 g/mol. The molecule has 0 bridgehead atoms. The third-order valence-corrected chi connectivity index (χ3v) is 5.13. The zero-order chi connectivity index (χ0) is 20.8. The van der Waals surface area contributed by atoms with Gasteiger partial charge in [-0.25, -0.2) is 9.78 Å². The van der Waals surface area contributed by atoms with Gasteiger partial charge in [-0.1, -0.05) is 31.2 Å². The summed E-state index contributed by atoms with van der Waals surface area (Å²) in [6.45, 7) is 3.72. The molecule has 2 amide bonds. The van der Waals surface area contributed by atoms with Gasteiger partial charge in [-0.2, -0.15) is 0 Å². The monoisotopic (exact) mass is 395 g/mol. The number of hydrogen-bond donors (Lipinski definition) is 1. The molecule has 0 aliphatic carbocycles. The van der Waals surface area contributed by atoms with Gasteiger partial charge >= 0.3 is 5.97 Å². The molecule has 0 atom stereocenters. The normalized spacial score (nSPS) is 14.4. The molecule has 0 unspecified atom stereocenters. The van der Waals surface area contributed by atoms with Crippen LogP contribution in [0.3, 0.4) is 0 Å². The van der Waals surface area contributed by atoms with Crippen LogP contribution >= 0.6 is 0 Å². The maximum Gasteiger partial charge on any atom is 0.354 e. The molecule has 1 aromatic heterocycles. The zero-order valence-corrected chi connectivity index (χ0v) is 16.5. The summed E-state index contributed by atoms with van der Waals surface area (Å²) in [4.78, 5) is 44.4. The minimum absolute atomic E-state index is 0.00226. The van der Waals surface area contributed by atoms with E-state index in [1.807, 2.05) is 42.2 Å². The van der Waals surface area contributed by atoms with Crippen LogP contribution in [0.1, 0.15) is 57.5 Å². The number of pyridine rings is 1. The van der Waals surface area contributed by atoms with Crippen molar-refractivity contribution in [1.82, 2.24) is 14.8 Å². The van der Waals surface area contributed by atoms with Crippen LogP contribution in [0, 0.1) is 0 Å². The van der Waals surface area contributed by atoms with E-state index in [9.17, 15) is 14.4 Å². The van der Waals surface area contributed by atoms with Crippen LogP contribution in [0.2, 0.25) is 0 Å². The number of piperidine rings is 1. The van der Waals surface area contributed by atoms with E-state index in [0.29, 0.717) is 38.0 Å². The fraction of sp³-hybridized carbons (Fsp3) is 0.364. The molecule has 1 N–H and O–H groups in total. The van der Waals surface area contributed by atoms with Crippen molar-refractivity contribution in [2.45, 2.75) is 32.2 Å². The van der Waals surface area contributed by atoms with Gasteiger partial charge in [0.2, 0.25) is 0 Å². The quantitative estimate of drug-likeness (QED) is 0.812. The maximum atomic E-state index is 13.0. The Bertz CT molecular complexity index is 877. The Morgan fingerprint density at radius 1 is 1.03 bits per heavy atom. The second kappa shape index (κ2) is 9.32. The van der Waals surface area contributed by atoms with Gasteiger partial charge in [0.25, 0.3) is 11.8 Å². The first-order chi connectivity index (χ1) is 14.0. The van der Waals surface area contributed by atoms with Crippen molar-refractivity contribution >= 4 is 17.8 Å². The minimum atomic E-state index is -1.16. The number of rotatable bonds is 6. The maximum absolute atomic E-state index is 13.0. The molecule has 0 spiro atoms. The molecule has 1 aromatic carbocycles. The smallest absolute Gasteiger partial charge is 0.354 e. The molecule has 1 aliphatic heterocycles. The van der Waals surface area contributed by atoms with E-state index in [2.05, 4.69) is 4.98 Å². The Hall–Kier alpha value is -3.22. The van der Waals surface area contributed by atoms with Crippen molar-refractivity contribution in [3.8, 4) is 0 Å². The molecule has 2 heterocycles. The number of amides is 2. The topological polar surface area (TPSA) is 90.8 Å². The molecule has 1 fully saturated rings. The average Bonchev–Trinajstić information content (AvgIpc) is 2.77. The van der Waals surface area contributed by atoms with Gasteiger partial charge < -0.3 is 14.9 Å². The number of carboxylic acids is 1. The second-order valence-corrected chi connectivity index (χ2v) is 7.10. The van der Waals surface area contributed by atoms with E-state index in [0.717, 1.165) is 6.42 Å². The van der Waals surface area contributed by atoms with Crippen molar-refractivity contribution in [2.24, 2.45) is 0 Å². The van der Waals surface area contributed by atoms with Gasteiger partial charge in [0, 0.05) is 31.2 Å². The van der Waals surface area contributed by atoms with Gasteiger partial charge in [-0.15, -0.1) is 0 Å². The highest BCUT2D eigenvalue weighted by Gasteiger charge is 2.30. The van der Waals surface area contributed by atoms with Gasteiger partial charge in [-0.3, -0.25) is 9.59 Å². The number of aromatic carboxylic acids is 1. The Labute approximate surface area is 170 Å². The third kappa shape index (κ3) is 4.80. The SMILES string of the molecule is CCCN(C(=O)c1cccc(C(=O)O)n1)C1CCN(C(=O)c2ccccc2)CC1. The summed E-state index contributed by atoms with van der Waals surface area (Å²) in [5.74, 6) is -1.41. The molecule has 29 heavy (non-hydrogen) atoms. The van der Waals surface area contributed by atoms with Crippen molar-refractivity contribution in [1.29, 1.82) is 0 Å². The molecule has 3 rings (SSSR count). The Morgan fingerprint density at radius 2 is 1.69 bits per heavy atom. The Kier molecular flexibility index (Phi) is 6.59. The van der Waals surface area contributed by atoms with Crippen LogP contribution < -0.4 is 0 Å². The second-order valence-electron chi connectivity index (χ2n) is 7.10. The fourth-order valence-electron chi connectivity index (χ4n) is 3.65. The highest BCUT2D eigenvalue weighted by molar-refractivity contribution is 5.95. The number of likely N-dealkylation sites (tertiary alicyclic amines) is 1. The van der Waals surface area contributed by atoms with Crippen molar-refractivity contribution in [3.63, 3.8) is 0 Å². The summed E-state index contributed by atoms with van der Waals surface area (Å²) in [5, 5.41) is 9.13. The largest absolute Gasteiger partial charge is 0.477 e. The van der Waals surface area contributed by atoms with Gasteiger partial charge in [0.05, 0.1) is 0 Å². The summed E-state index contributed by atoms with van der Waals surface area (Å²) < 4.78 is 0. The number of carbonyl (C=O) groups excluding carboxylic acids is 2. The number of hydrogen-bond acceptors (Lipinski definition) is 4. The number of nitrogens with zero attached hydrogens (tertiary/aromatic N) is 3. The summed E-state index contributed by atoms with van der Waals surface area (Å²) in [6, 6.07) is 13.6. The molecule has 1 aliphatic rings. The van der Waals surface area contributed by atoms with Crippen LogP contribution in [0.4, 0.5) is 0 Å². The first kappa shape index (κ1) is 20.5. The summed E-state index contributed by atoms with van der Waals surface area (Å²) in [5.41, 5.74) is 0.666. The first-order valence-corrected chi connectivity index (χ1v) is 9.87. The predicted molar refractivity (Wildman–Crippen MR) is 108 cm³/mol. The highest BCUT2D eigenvalue weighted by Crippen LogP contribution is 2.21. The lowest BCUT2D eigenvalue weighted by Crippen LogP contribution is -2.49. The molecule has 152 valence electrons. The van der Waals surface area contributed by atoms with E-state index >= 15 is 0 Å². The van der Waals surface area contributed by atoms with Crippen LogP contribution in [-0.2, 0) is 0 Å².